The molecule has 0 bridgehead atoms. The highest BCUT2D eigenvalue weighted by atomic mass is 32.2. The predicted molar refractivity (Wildman–Crippen MR) is 95.6 cm³/mol. The van der Waals surface area contributed by atoms with Crippen molar-refractivity contribution in [2.45, 2.75) is 30.3 Å². The molecule has 0 amide bonds. The molecule has 1 aliphatic heterocycles. The van der Waals surface area contributed by atoms with E-state index in [1.165, 1.54) is 12.1 Å². The molecule has 0 N–H and O–H groups in total. The molecule has 0 fully saturated rings. The van der Waals surface area contributed by atoms with Gasteiger partial charge in [0, 0.05) is 12.5 Å². The van der Waals surface area contributed by atoms with Gasteiger partial charge in [-0.25, -0.2) is 0 Å². The third-order valence-corrected chi connectivity index (χ3v) is 5.41. The number of hydrogen-bond donors (Lipinski definition) is 0. The number of fused-ring (bicyclic) bond motifs is 1. The van der Waals surface area contributed by atoms with Gasteiger partial charge in [0.1, 0.15) is 10.6 Å². The second-order valence-electron chi connectivity index (χ2n) is 6.31. The topological polar surface area (TPSA) is 61.8 Å². The minimum absolute atomic E-state index is 0.0649. The molecule has 1 aliphatic rings. The standard InChI is InChI=1S/C19H18F4O5S/c20-8-2-10-27-18-11-14(19(21,22)23)5-7-16(18)28-29(24,25)15-6-4-13-3-1-9-26-17(13)12-15/h4-7,11-12H,1-3,8-10H2. The summed E-state index contributed by atoms with van der Waals surface area (Å²) in [5.41, 5.74) is -0.181. The molecule has 0 saturated heterocycles. The van der Waals surface area contributed by atoms with Crippen LogP contribution >= 0.6 is 0 Å². The van der Waals surface area contributed by atoms with Gasteiger partial charge in [-0.2, -0.15) is 21.6 Å². The molecule has 0 spiro atoms. The number of halogens is 4. The van der Waals surface area contributed by atoms with Crippen molar-refractivity contribution in [2.75, 3.05) is 19.9 Å². The Morgan fingerprint density at radius 3 is 2.59 bits per heavy atom. The highest BCUT2D eigenvalue weighted by Gasteiger charge is 2.32. The maximum Gasteiger partial charge on any atom is 0.416 e. The molecule has 2 aromatic rings. The van der Waals surface area contributed by atoms with Gasteiger partial charge in [0.2, 0.25) is 0 Å². The Morgan fingerprint density at radius 1 is 1.07 bits per heavy atom. The van der Waals surface area contributed by atoms with Gasteiger partial charge in [0.05, 0.1) is 25.5 Å². The summed E-state index contributed by atoms with van der Waals surface area (Å²) in [6.07, 6.45) is -3.15. The van der Waals surface area contributed by atoms with E-state index in [0.29, 0.717) is 24.5 Å². The smallest absolute Gasteiger partial charge is 0.416 e. The number of rotatable bonds is 7. The summed E-state index contributed by atoms with van der Waals surface area (Å²) >= 11 is 0. The fraction of sp³-hybridized carbons (Fsp3) is 0.368. The quantitative estimate of drug-likeness (QED) is 0.364. The van der Waals surface area contributed by atoms with E-state index >= 15 is 0 Å². The van der Waals surface area contributed by atoms with Crippen LogP contribution in [0.15, 0.2) is 41.3 Å². The third-order valence-electron chi connectivity index (χ3n) is 4.18. The summed E-state index contributed by atoms with van der Waals surface area (Å²) in [5.74, 6) is -0.436. The zero-order valence-electron chi connectivity index (χ0n) is 15.2. The van der Waals surface area contributed by atoms with Crippen molar-refractivity contribution in [3.05, 3.63) is 47.5 Å². The van der Waals surface area contributed by atoms with Gasteiger partial charge in [0.25, 0.3) is 0 Å². The van der Waals surface area contributed by atoms with Gasteiger partial charge in [-0.05, 0) is 42.7 Å². The van der Waals surface area contributed by atoms with Crippen LogP contribution in [0.1, 0.15) is 24.0 Å². The summed E-state index contributed by atoms with van der Waals surface area (Å²) < 4.78 is 92.1. The zero-order chi connectivity index (χ0) is 21.1. The summed E-state index contributed by atoms with van der Waals surface area (Å²) in [7, 11) is -4.36. The molecular weight excluding hydrogens is 416 g/mol. The SMILES string of the molecule is O=S(=O)(Oc1ccc(C(F)(F)F)cc1OCCCF)c1ccc2c(c1)OCCC2. The fourth-order valence-corrected chi connectivity index (χ4v) is 3.70. The highest BCUT2D eigenvalue weighted by Crippen LogP contribution is 2.38. The molecule has 0 radical (unpaired) electrons. The lowest BCUT2D eigenvalue weighted by atomic mass is 10.1. The first-order valence-electron chi connectivity index (χ1n) is 8.81. The molecule has 0 atom stereocenters. The molecular formula is C19H18F4O5S. The van der Waals surface area contributed by atoms with Crippen molar-refractivity contribution < 1.29 is 39.6 Å². The molecule has 29 heavy (non-hydrogen) atoms. The van der Waals surface area contributed by atoms with Crippen molar-refractivity contribution in [3.8, 4) is 17.2 Å². The van der Waals surface area contributed by atoms with Crippen LogP contribution in [0.25, 0.3) is 0 Å². The summed E-state index contributed by atoms with van der Waals surface area (Å²) in [6.45, 7) is -0.508. The highest BCUT2D eigenvalue weighted by molar-refractivity contribution is 7.87. The van der Waals surface area contributed by atoms with Gasteiger partial charge < -0.3 is 13.7 Å². The fourth-order valence-electron chi connectivity index (χ4n) is 2.75. The average molecular weight is 434 g/mol. The first-order chi connectivity index (χ1) is 13.7. The lowest BCUT2D eigenvalue weighted by Gasteiger charge is -2.18. The van der Waals surface area contributed by atoms with E-state index in [4.69, 9.17) is 13.7 Å². The zero-order valence-corrected chi connectivity index (χ0v) is 16.0. The molecule has 2 aromatic carbocycles. The molecule has 1 heterocycles. The van der Waals surface area contributed by atoms with E-state index in [9.17, 15) is 26.0 Å². The first kappa shape index (κ1) is 21.2. The van der Waals surface area contributed by atoms with Crippen LogP contribution in [-0.2, 0) is 22.7 Å². The molecule has 0 aromatic heterocycles. The van der Waals surface area contributed by atoms with E-state index in [0.717, 1.165) is 24.5 Å². The van der Waals surface area contributed by atoms with E-state index in [2.05, 4.69) is 0 Å². The Hall–Kier alpha value is -2.49. The van der Waals surface area contributed by atoms with Crippen LogP contribution in [0.5, 0.6) is 17.2 Å². The maximum absolute atomic E-state index is 13.0. The van der Waals surface area contributed by atoms with E-state index in [-0.39, 0.29) is 17.9 Å². The normalized spacial score (nSPS) is 14.1. The van der Waals surface area contributed by atoms with Gasteiger partial charge >= 0.3 is 16.3 Å². The number of benzene rings is 2. The number of ether oxygens (including phenoxy) is 2. The van der Waals surface area contributed by atoms with Crippen molar-refractivity contribution in [1.29, 1.82) is 0 Å². The minimum atomic E-state index is -4.66. The van der Waals surface area contributed by atoms with Crippen molar-refractivity contribution in [3.63, 3.8) is 0 Å². The Kier molecular flexibility index (Phi) is 6.21. The predicted octanol–water partition coefficient (Wildman–Crippen LogP) is 4.54. The second-order valence-corrected chi connectivity index (χ2v) is 7.86. The molecule has 3 rings (SSSR count). The van der Waals surface area contributed by atoms with Gasteiger partial charge in [-0.3, -0.25) is 4.39 Å². The van der Waals surface area contributed by atoms with Gasteiger partial charge in [-0.15, -0.1) is 0 Å². The average Bonchev–Trinajstić information content (AvgIpc) is 2.68. The van der Waals surface area contributed by atoms with Crippen LogP contribution < -0.4 is 13.7 Å². The van der Waals surface area contributed by atoms with Gasteiger partial charge in [-0.1, -0.05) is 6.07 Å². The van der Waals surface area contributed by atoms with Gasteiger partial charge in [0.15, 0.2) is 11.5 Å². The molecule has 10 heteroatoms. The number of alkyl halides is 4. The molecule has 0 unspecified atom stereocenters. The summed E-state index contributed by atoms with van der Waals surface area (Å²) in [4.78, 5) is -0.201. The first-order valence-corrected chi connectivity index (χ1v) is 10.2. The molecule has 0 aliphatic carbocycles. The molecule has 0 saturated carbocycles. The second kappa shape index (κ2) is 8.48. The monoisotopic (exact) mass is 434 g/mol. The largest absolute Gasteiger partial charge is 0.493 e. The summed E-state index contributed by atoms with van der Waals surface area (Å²) in [6, 6.07) is 6.44. The minimum Gasteiger partial charge on any atom is -0.493 e. The Morgan fingerprint density at radius 2 is 1.86 bits per heavy atom. The molecule has 158 valence electrons. The van der Waals surface area contributed by atoms with Crippen molar-refractivity contribution >= 4 is 10.1 Å². The lowest BCUT2D eigenvalue weighted by molar-refractivity contribution is -0.137. The van der Waals surface area contributed by atoms with Crippen molar-refractivity contribution in [1.82, 2.24) is 0 Å². The van der Waals surface area contributed by atoms with E-state index in [1.54, 1.807) is 6.07 Å². The van der Waals surface area contributed by atoms with Crippen molar-refractivity contribution in [2.24, 2.45) is 0 Å². The Labute approximate surface area is 165 Å². The lowest BCUT2D eigenvalue weighted by Crippen LogP contribution is -2.14. The third kappa shape index (κ3) is 5.11. The van der Waals surface area contributed by atoms with E-state index < -0.39 is 40.0 Å². The summed E-state index contributed by atoms with van der Waals surface area (Å²) in [5, 5.41) is 0. The Balaban J connectivity index is 1.90. The number of hydrogen-bond acceptors (Lipinski definition) is 5. The van der Waals surface area contributed by atoms with E-state index in [1.807, 2.05) is 0 Å². The maximum atomic E-state index is 13.0. The van der Waals surface area contributed by atoms with Crippen LogP contribution in [0.3, 0.4) is 0 Å². The molecule has 5 nitrogen and oxygen atoms in total. The van der Waals surface area contributed by atoms with Crippen LogP contribution in [-0.4, -0.2) is 28.3 Å². The van der Waals surface area contributed by atoms with Crippen LogP contribution in [0, 0.1) is 0 Å². The van der Waals surface area contributed by atoms with Crippen LogP contribution in [0.4, 0.5) is 17.6 Å². The number of aryl methyl sites for hydroxylation is 1. The Bertz CT molecular complexity index is 973. The van der Waals surface area contributed by atoms with Crippen LogP contribution in [0.2, 0.25) is 0 Å².